The molecule has 0 amide bonds. The van der Waals surface area contributed by atoms with Gasteiger partial charge in [0.15, 0.2) is 0 Å². The fourth-order valence-corrected chi connectivity index (χ4v) is 5.95. The molecule has 1 unspecified atom stereocenters. The number of hydrogen-bond donors (Lipinski definition) is 1. The summed E-state index contributed by atoms with van der Waals surface area (Å²) in [6.07, 6.45) is 0. The lowest BCUT2D eigenvalue weighted by atomic mass is 9.83. The van der Waals surface area contributed by atoms with Crippen LogP contribution in [0, 0.1) is 11.3 Å². The van der Waals surface area contributed by atoms with Gasteiger partial charge < -0.3 is 15.2 Å². The number of nitrogens with zero attached hydrogens (tertiary/aromatic N) is 1. The van der Waals surface area contributed by atoms with Crippen LogP contribution in [0.2, 0.25) is 15.1 Å². The molecule has 168 valence electrons. The zero-order chi connectivity index (χ0) is 24.0. The number of esters is 1. The number of carbonyl (C=O) groups is 1. The van der Waals surface area contributed by atoms with Gasteiger partial charge in [-0.15, -0.1) is 11.3 Å². The first-order valence-corrected chi connectivity index (χ1v) is 11.9. The van der Waals surface area contributed by atoms with Gasteiger partial charge in [0.2, 0.25) is 5.88 Å². The second kappa shape index (κ2) is 8.86. The van der Waals surface area contributed by atoms with Crippen molar-refractivity contribution in [2.24, 2.45) is 5.73 Å². The second-order valence-electron chi connectivity index (χ2n) is 7.39. The van der Waals surface area contributed by atoms with E-state index in [9.17, 15) is 10.1 Å². The van der Waals surface area contributed by atoms with E-state index in [1.807, 2.05) is 18.2 Å². The molecule has 2 heterocycles. The first kappa shape index (κ1) is 22.6. The van der Waals surface area contributed by atoms with Crippen LogP contribution in [0.15, 0.2) is 72.1 Å². The lowest BCUT2D eigenvalue weighted by Crippen LogP contribution is -2.21. The van der Waals surface area contributed by atoms with Gasteiger partial charge in [-0.05, 0) is 29.8 Å². The molecule has 0 fully saturated rings. The van der Waals surface area contributed by atoms with Crippen LogP contribution in [0.4, 0.5) is 0 Å². The minimum atomic E-state index is -0.623. The first-order chi connectivity index (χ1) is 16.4. The molecule has 5 rings (SSSR count). The maximum atomic E-state index is 12.9. The van der Waals surface area contributed by atoms with Gasteiger partial charge in [0.25, 0.3) is 0 Å². The summed E-state index contributed by atoms with van der Waals surface area (Å²) in [7, 11) is 0. The SMILES string of the molecule is N#CC1=C(N)Oc2cc(OC(=O)c3sc4cccc(Cl)c4c3Cl)ccc2C1c1ccccc1Cl. The van der Waals surface area contributed by atoms with Crippen LogP contribution in [-0.4, -0.2) is 5.97 Å². The highest BCUT2D eigenvalue weighted by Gasteiger charge is 2.32. The van der Waals surface area contributed by atoms with Crippen LogP contribution in [0.3, 0.4) is 0 Å². The van der Waals surface area contributed by atoms with Crippen molar-refractivity contribution in [2.75, 3.05) is 0 Å². The topological polar surface area (TPSA) is 85.3 Å². The van der Waals surface area contributed by atoms with Gasteiger partial charge >= 0.3 is 5.97 Å². The molecular weight excluding hydrogens is 515 g/mol. The molecule has 5 nitrogen and oxygen atoms in total. The summed E-state index contributed by atoms with van der Waals surface area (Å²) in [5, 5.41) is 11.5. The standard InChI is InChI=1S/C25H13Cl3N2O3S/c26-16-5-2-1-4-13(16)20-14-9-8-12(10-18(14)33-24(30)15(20)11-29)32-25(31)23-22(28)21-17(27)6-3-7-19(21)34-23/h1-10,20H,30H2. The monoisotopic (exact) mass is 526 g/mol. The molecule has 0 saturated heterocycles. The van der Waals surface area contributed by atoms with Crippen molar-refractivity contribution in [3.63, 3.8) is 0 Å². The molecule has 1 aliphatic heterocycles. The average molecular weight is 528 g/mol. The van der Waals surface area contributed by atoms with Gasteiger partial charge in [0.1, 0.15) is 28.0 Å². The Kier molecular flexibility index (Phi) is 5.88. The molecular formula is C25H13Cl3N2O3S. The Labute approximate surface area is 213 Å². The zero-order valence-electron chi connectivity index (χ0n) is 17.1. The predicted octanol–water partition coefficient (Wildman–Crippen LogP) is 7.30. The Morgan fingerprint density at radius 2 is 1.79 bits per heavy atom. The number of allylic oxidation sites excluding steroid dienone is 1. The Hall–Kier alpha value is -3.21. The number of nitriles is 1. The molecule has 34 heavy (non-hydrogen) atoms. The number of halogens is 3. The molecule has 0 bridgehead atoms. The molecule has 1 atom stereocenters. The number of benzene rings is 3. The van der Waals surface area contributed by atoms with Gasteiger partial charge in [-0.3, -0.25) is 0 Å². The van der Waals surface area contributed by atoms with Crippen LogP contribution < -0.4 is 15.2 Å². The summed E-state index contributed by atoms with van der Waals surface area (Å²) in [6, 6.07) is 19.6. The third-order valence-electron chi connectivity index (χ3n) is 5.41. The fraction of sp³-hybridized carbons (Fsp3) is 0.0400. The highest BCUT2D eigenvalue weighted by molar-refractivity contribution is 7.21. The molecule has 3 aromatic carbocycles. The van der Waals surface area contributed by atoms with Crippen LogP contribution in [0.5, 0.6) is 11.5 Å². The average Bonchev–Trinajstić information content (AvgIpc) is 3.16. The fourth-order valence-electron chi connectivity index (χ4n) is 3.88. The largest absolute Gasteiger partial charge is 0.440 e. The van der Waals surface area contributed by atoms with E-state index in [4.69, 9.17) is 50.0 Å². The van der Waals surface area contributed by atoms with Gasteiger partial charge in [0.05, 0.1) is 16.0 Å². The molecule has 0 aliphatic carbocycles. The number of thiophene rings is 1. The smallest absolute Gasteiger partial charge is 0.355 e. The number of rotatable bonds is 3. The van der Waals surface area contributed by atoms with Gasteiger partial charge in [-0.1, -0.05) is 65.1 Å². The van der Waals surface area contributed by atoms with E-state index in [1.165, 1.54) is 11.3 Å². The summed E-state index contributed by atoms with van der Waals surface area (Å²) < 4.78 is 12.1. The summed E-state index contributed by atoms with van der Waals surface area (Å²) in [5.74, 6) is -0.592. The minimum Gasteiger partial charge on any atom is -0.440 e. The Morgan fingerprint density at radius 1 is 1.03 bits per heavy atom. The van der Waals surface area contributed by atoms with Crippen molar-refractivity contribution in [3.8, 4) is 17.6 Å². The van der Waals surface area contributed by atoms with Crippen LogP contribution >= 0.6 is 46.1 Å². The van der Waals surface area contributed by atoms with Crippen molar-refractivity contribution < 1.29 is 14.3 Å². The van der Waals surface area contributed by atoms with E-state index in [0.29, 0.717) is 32.3 Å². The number of fused-ring (bicyclic) bond motifs is 2. The van der Waals surface area contributed by atoms with Crippen molar-refractivity contribution in [2.45, 2.75) is 5.92 Å². The third-order valence-corrected chi connectivity index (χ3v) is 7.69. The van der Waals surface area contributed by atoms with Gasteiger partial charge in [-0.2, -0.15) is 5.26 Å². The van der Waals surface area contributed by atoms with E-state index in [-0.39, 0.29) is 27.1 Å². The van der Waals surface area contributed by atoms with E-state index in [2.05, 4.69) is 6.07 Å². The van der Waals surface area contributed by atoms with Gasteiger partial charge in [-0.25, -0.2) is 4.79 Å². The van der Waals surface area contributed by atoms with E-state index in [1.54, 1.807) is 42.5 Å². The molecule has 4 aromatic rings. The number of carbonyl (C=O) groups excluding carboxylic acids is 1. The highest BCUT2D eigenvalue weighted by Crippen LogP contribution is 2.45. The lowest BCUT2D eigenvalue weighted by Gasteiger charge is -2.27. The van der Waals surface area contributed by atoms with Crippen molar-refractivity contribution in [1.82, 2.24) is 0 Å². The van der Waals surface area contributed by atoms with E-state index >= 15 is 0 Å². The quantitative estimate of drug-likeness (QED) is 0.223. The van der Waals surface area contributed by atoms with Crippen LogP contribution in [0.1, 0.15) is 26.7 Å². The number of hydrogen-bond acceptors (Lipinski definition) is 6. The normalized spacial score (nSPS) is 14.9. The molecule has 1 aromatic heterocycles. The van der Waals surface area contributed by atoms with E-state index < -0.39 is 11.9 Å². The maximum Gasteiger partial charge on any atom is 0.355 e. The summed E-state index contributed by atoms with van der Waals surface area (Å²) in [6.45, 7) is 0. The Bertz CT molecular complexity index is 1560. The first-order valence-electron chi connectivity index (χ1n) is 9.93. The molecule has 1 aliphatic rings. The zero-order valence-corrected chi connectivity index (χ0v) is 20.2. The second-order valence-corrected chi connectivity index (χ2v) is 9.64. The molecule has 9 heteroatoms. The van der Waals surface area contributed by atoms with Gasteiger partial charge in [0, 0.05) is 26.7 Å². The Morgan fingerprint density at radius 3 is 2.53 bits per heavy atom. The summed E-state index contributed by atoms with van der Waals surface area (Å²) in [5.41, 5.74) is 7.69. The minimum absolute atomic E-state index is 0.0365. The van der Waals surface area contributed by atoms with Crippen molar-refractivity contribution in [1.29, 1.82) is 5.26 Å². The molecule has 2 N–H and O–H groups in total. The van der Waals surface area contributed by atoms with E-state index in [0.717, 1.165) is 4.70 Å². The Balaban J connectivity index is 1.51. The predicted molar refractivity (Wildman–Crippen MR) is 134 cm³/mol. The van der Waals surface area contributed by atoms with Crippen LogP contribution in [-0.2, 0) is 0 Å². The molecule has 0 spiro atoms. The number of ether oxygens (including phenoxy) is 2. The van der Waals surface area contributed by atoms with Crippen molar-refractivity contribution in [3.05, 3.63) is 103 Å². The highest BCUT2D eigenvalue weighted by atomic mass is 35.5. The maximum absolute atomic E-state index is 12.9. The summed E-state index contributed by atoms with van der Waals surface area (Å²) in [4.78, 5) is 13.1. The molecule has 0 saturated carbocycles. The van der Waals surface area contributed by atoms with Crippen molar-refractivity contribution >= 4 is 62.2 Å². The third kappa shape index (κ3) is 3.77. The summed E-state index contributed by atoms with van der Waals surface area (Å²) >= 11 is 20.3. The lowest BCUT2D eigenvalue weighted by molar-refractivity contribution is 0.0740. The molecule has 0 radical (unpaired) electrons. The van der Waals surface area contributed by atoms with Crippen LogP contribution in [0.25, 0.3) is 10.1 Å². The number of nitrogens with two attached hydrogens (primary N) is 1.